The Morgan fingerprint density at radius 2 is 1.74 bits per heavy atom. The summed E-state index contributed by atoms with van der Waals surface area (Å²) >= 11 is 3.17. The van der Waals surface area contributed by atoms with E-state index in [0.29, 0.717) is 27.4 Å². The number of H-pyrrole nitrogens is 2. The number of nitrogens with zero attached hydrogens (tertiary/aromatic N) is 7. The monoisotopic (exact) mass is 376 g/mol. The standard InChI is InChI=1S/C7H9N5.C5H4BrN5/c1-12(2)7-5-6(9-3-8-5)10-4-11-7;6-5-10-2-3(7)8-1-9-4(2)11-5/h3-4H,1-2H3,(H,8,9,10,11);1H,(H3,7,8,9,10,11). The van der Waals surface area contributed by atoms with Crippen LogP contribution in [0.3, 0.4) is 0 Å². The van der Waals surface area contributed by atoms with Crippen molar-refractivity contribution in [3.8, 4) is 0 Å². The first-order valence-electron chi connectivity index (χ1n) is 6.49. The van der Waals surface area contributed by atoms with Crippen LogP contribution in [-0.2, 0) is 0 Å². The number of halogens is 1. The second-order valence-electron chi connectivity index (χ2n) is 4.68. The van der Waals surface area contributed by atoms with Crippen LogP contribution in [0.25, 0.3) is 22.3 Å². The van der Waals surface area contributed by atoms with Crippen LogP contribution >= 0.6 is 15.9 Å². The van der Waals surface area contributed by atoms with Crippen molar-refractivity contribution < 1.29 is 0 Å². The summed E-state index contributed by atoms with van der Waals surface area (Å²) in [5, 5.41) is 0. The van der Waals surface area contributed by atoms with Crippen LogP contribution in [0.1, 0.15) is 0 Å². The molecule has 0 aliphatic carbocycles. The molecule has 10 nitrogen and oxygen atoms in total. The third-order valence-electron chi connectivity index (χ3n) is 2.92. The van der Waals surface area contributed by atoms with Gasteiger partial charge in [-0.15, -0.1) is 0 Å². The average Bonchev–Trinajstić information content (AvgIpc) is 3.13. The van der Waals surface area contributed by atoms with Crippen LogP contribution < -0.4 is 10.6 Å². The van der Waals surface area contributed by atoms with Gasteiger partial charge >= 0.3 is 0 Å². The number of nitrogens with two attached hydrogens (primary N) is 1. The maximum Gasteiger partial charge on any atom is 0.183 e. The van der Waals surface area contributed by atoms with Gasteiger partial charge in [-0.05, 0) is 15.9 Å². The largest absolute Gasteiger partial charge is 0.382 e. The highest BCUT2D eigenvalue weighted by Crippen LogP contribution is 2.16. The molecule has 23 heavy (non-hydrogen) atoms. The van der Waals surface area contributed by atoms with E-state index < -0.39 is 0 Å². The number of fused-ring (bicyclic) bond motifs is 2. The lowest BCUT2D eigenvalue weighted by atomic mass is 10.5. The molecule has 0 aromatic carbocycles. The molecule has 0 amide bonds. The van der Waals surface area contributed by atoms with Crippen molar-refractivity contribution in [2.45, 2.75) is 0 Å². The molecule has 0 saturated carbocycles. The highest BCUT2D eigenvalue weighted by molar-refractivity contribution is 9.10. The molecule has 0 radical (unpaired) electrons. The third kappa shape index (κ3) is 3.04. The van der Waals surface area contributed by atoms with Gasteiger partial charge < -0.3 is 20.6 Å². The van der Waals surface area contributed by atoms with Gasteiger partial charge in [0, 0.05) is 14.1 Å². The minimum absolute atomic E-state index is 0.410. The fourth-order valence-electron chi connectivity index (χ4n) is 1.91. The summed E-state index contributed by atoms with van der Waals surface area (Å²) in [7, 11) is 3.87. The molecule has 0 unspecified atom stereocenters. The topological polar surface area (TPSA) is 138 Å². The molecule has 11 heteroatoms. The van der Waals surface area contributed by atoms with Crippen molar-refractivity contribution in [3.05, 3.63) is 23.7 Å². The fourth-order valence-corrected chi connectivity index (χ4v) is 2.28. The van der Waals surface area contributed by atoms with Crippen molar-refractivity contribution >= 4 is 49.9 Å². The Labute approximate surface area is 138 Å². The minimum atomic E-state index is 0.410. The Balaban J connectivity index is 0.000000136. The van der Waals surface area contributed by atoms with Gasteiger partial charge in [0.1, 0.15) is 23.7 Å². The van der Waals surface area contributed by atoms with Crippen LogP contribution in [-0.4, -0.2) is 54.0 Å². The molecular formula is C12H13BrN10. The summed E-state index contributed by atoms with van der Waals surface area (Å²) in [6, 6.07) is 0. The van der Waals surface area contributed by atoms with Crippen LogP contribution in [0.4, 0.5) is 11.6 Å². The van der Waals surface area contributed by atoms with E-state index >= 15 is 0 Å². The van der Waals surface area contributed by atoms with Gasteiger partial charge in [-0.2, -0.15) is 0 Å². The summed E-state index contributed by atoms with van der Waals surface area (Å²) in [4.78, 5) is 31.6. The molecule has 118 valence electrons. The molecule has 0 fully saturated rings. The van der Waals surface area contributed by atoms with Crippen LogP contribution in [0, 0.1) is 0 Å². The number of nitrogen functional groups attached to an aromatic ring is 1. The second-order valence-corrected chi connectivity index (χ2v) is 5.43. The molecule has 4 aromatic heterocycles. The number of rotatable bonds is 1. The molecule has 0 spiro atoms. The summed E-state index contributed by atoms with van der Waals surface area (Å²) < 4.78 is 0.611. The Kier molecular flexibility index (Phi) is 4.02. The van der Waals surface area contributed by atoms with Crippen molar-refractivity contribution in [2.75, 3.05) is 24.7 Å². The van der Waals surface area contributed by atoms with Crippen molar-refractivity contribution in [1.82, 2.24) is 39.9 Å². The van der Waals surface area contributed by atoms with E-state index in [1.807, 2.05) is 19.0 Å². The lowest BCUT2D eigenvalue weighted by molar-refractivity contribution is 1.06. The predicted molar refractivity (Wildman–Crippen MR) is 89.8 cm³/mol. The molecule has 0 aliphatic rings. The summed E-state index contributed by atoms with van der Waals surface area (Å²) in [5.74, 6) is 1.27. The molecule has 0 bridgehead atoms. The molecule has 4 rings (SSSR count). The number of hydrogen-bond donors (Lipinski definition) is 3. The third-order valence-corrected chi connectivity index (χ3v) is 3.29. The molecule has 4 N–H and O–H groups in total. The smallest absolute Gasteiger partial charge is 0.183 e. The van der Waals surface area contributed by atoms with Crippen molar-refractivity contribution in [1.29, 1.82) is 0 Å². The number of hydrogen-bond acceptors (Lipinski definition) is 8. The lowest BCUT2D eigenvalue weighted by Crippen LogP contribution is -2.11. The Morgan fingerprint density at radius 1 is 1.00 bits per heavy atom. The average molecular weight is 377 g/mol. The first kappa shape index (κ1) is 15.1. The van der Waals surface area contributed by atoms with Gasteiger partial charge in [-0.1, -0.05) is 0 Å². The molecule has 4 heterocycles. The maximum atomic E-state index is 5.53. The van der Waals surface area contributed by atoms with Gasteiger partial charge in [0.25, 0.3) is 0 Å². The van der Waals surface area contributed by atoms with Gasteiger partial charge in [-0.3, -0.25) is 0 Å². The summed E-state index contributed by atoms with van der Waals surface area (Å²) in [5.41, 5.74) is 8.35. The SMILES string of the molecule is CN(C)c1ncnc2nc[nH]c12.Nc1ncnc2nc(Br)[nH]c12. The van der Waals surface area contributed by atoms with Crippen LogP contribution in [0.2, 0.25) is 0 Å². The summed E-state index contributed by atoms with van der Waals surface area (Å²) in [6.07, 6.45) is 4.51. The maximum absolute atomic E-state index is 5.53. The van der Waals surface area contributed by atoms with Gasteiger partial charge in [0.15, 0.2) is 27.7 Å². The van der Waals surface area contributed by atoms with E-state index in [4.69, 9.17) is 5.73 Å². The van der Waals surface area contributed by atoms with E-state index in [-0.39, 0.29) is 0 Å². The van der Waals surface area contributed by atoms with Gasteiger partial charge in [0.2, 0.25) is 0 Å². The van der Waals surface area contributed by atoms with Gasteiger partial charge in [0.05, 0.1) is 6.33 Å². The number of aromatic nitrogens is 8. The normalized spacial score (nSPS) is 10.6. The Morgan fingerprint density at radius 3 is 2.48 bits per heavy atom. The predicted octanol–water partition coefficient (Wildman–Crippen LogP) is 1.12. The van der Waals surface area contributed by atoms with Crippen molar-refractivity contribution in [2.24, 2.45) is 0 Å². The van der Waals surface area contributed by atoms with E-state index in [9.17, 15) is 0 Å². The number of imidazole rings is 2. The Bertz CT molecular complexity index is 943. The number of anilines is 2. The van der Waals surface area contributed by atoms with Crippen LogP contribution in [0.15, 0.2) is 23.7 Å². The highest BCUT2D eigenvalue weighted by Gasteiger charge is 2.06. The molecule has 4 aromatic rings. The van der Waals surface area contributed by atoms with E-state index in [1.54, 1.807) is 6.33 Å². The molecule has 0 aliphatic heterocycles. The second kappa shape index (κ2) is 6.12. The minimum Gasteiger partial charge on any atom is -0.382 e. The fraction of sp³-hybridized carbons (Fsp3) is 0.167. The first-order valence-corrected chi connectivity index (χ1v) is 7.28. The zero-order chi connectivity index (χ0) is 16.4. The molecule has 0 atom stereocenters. The zero-order valence-electron chi connectivity index (χ0n) is 12.3. The highest BCUT2D eigenvalue weighted by atomic mass is 79.9. The zero-order valence-corrected chi connectivity index (χ0v) is 13.9. The Hall–Kier alpha value is -2.82. The van der Waals surface area contributed by atoms with Crippen LogP contribution in [0.5, 0.6) is 0 Å². The van der Waals surface area contributed by atoms with E-state index in [1.165, 1.54) is 12.7 Å². The summed E-state index contributed by atoms with van der Waals surface area (Å²) in [6.45, 7) is 0. The lowest BCUT2D eigenvalue weighted by Gasteiger charge is -2.10. The number of aromatic amines is 2. The first-order chi connectivity index (χ1) is 11.1. The molecular weight excluding hydrogens is 364 g/mol. The van der Waals surface area contributed by atoms with Crippen molar-refractivity contribution in [3.63, 3.8) is 0 Å². The van der Waals surface area contributed by atoms with E-state index in [0.717, 1.165) is 11.3 Å². The van der Waals surface area contributed by atoms with Gasteiger partial charge in [-0.25, -0.2) is 29.9 Å². The van der Waals surface area contributed by atoms with E-state index in [2.05, 4.69) is 55.8 Å². The quantitative estimate of drug-likeness (QED) is 0.420. The molecule has 0 saturated heterocycles. The number of nitrogens with one attached hydrogen (secondary N) is 2.